The first kappa shape index (κ1) is 14.9. The van der Waals surface area contributed by atoms with E-state index in [0.29, 0.717) is 17.3 Å². The first-order valence-corrected chi connectivity index (χ1v) is 7.10. The zero-order valence-corrected chi connectivity index (χ0v) is 12.5. The number of nitrogens with zero attached hydrogens (tertiary/aromatic N) is 2. The van der Waals surface area contributed by atoms with Gasteiger partial charge in [-0.15, -0.1) is 0 Å². The average Bonchev–Trinajstić information content (AvgIpc) is 2.77. The van der Waals surface area contributed by atoms with Crippen molar-refractivity contribution in [1.29, 1.82) is 0 Å². The molecule has 0 aliphatic carbocycles. The molecule has 0 saturated carbocycles. The van der Waals surface area contributed by atoms with E-state index in [2.05, 4.69) is 0 Å². The number of ether oxygens (including phenoxy) is 1. The van der Waals surface area contributed by atoms with E-state index in [0.717, 1.165) is 19.3 Å². The fourth-order valence-electron chi connectivity index (χ4n) is 2.64. The van der Waals surface area contributed by atoms with Crippen molar-refractivity contribution in [3.05, 3.63) is 23.0 Å². The monoisotopic (exact) mass is 298 g/mol. The molecule has 1 amide bonds. The van der Waals surface area contributed by atoms with Crippen molar-refractivity contribution in [3.63, 3.8) is 0 Å². The summed E-state index contributed by atoms with van der Waals surface area (Å²) in [5.74, 6) is -0.354. The number of aryl methyl sites for hydroxylation is 1. The quantitative estimate of drug-likeness (QED) is 0.804. The van der Waals surface area contributed by atoms with Gasteiger partial charge >= 0.3 is 5.97 Å². The zero-order chi connectivity index (χ0) is 14.7. The highest BCUT2D eigenvalue weighted by Crippen LogP contribution is 2.23. The maximum absolute atomic E-state index is 12.6. The number of carbonyl (C=O) groups is 2. The Kier molecular flexibility index (Phi) is 4.70. The Balaban J connectivity index is 2.17. The summed E-state index contributed by atoms with van der Waals surface area (Å²) in [6, 6.07) is 1.57. The van der Waals surface area contributed by atoms with Crippen molar-refractivity contribution in [2.45, 2.75) is 31.7 Å². The number of hydrogen-bond acceptors (Lipinski definition) is 3. The summed E-state index contributed by atoms with van der Waals surface area (Å²) >= 11 is 5.93. The maximum atomic E-state index is 12.6. The number of piperidine rings is 1. The number of esters is 1. The Morgan fingerprint density at radius 3 is 2.80 bits per heavy atom. The number of rotatable bonds is 3. The van der Waals surface area contributed by atoms with Gasteiger partial charge < -0.3 is 14.2 Å². The van der Waals surface area contributed by atoms with Gasteiger partial charge in [-0.1, -0.05) is 11.6 Å². The molecule has 2 heterocycles. The molecule has 110 valence electrons. The molecule has 1 aliphatic heterocycles. The predicted molar refractivity (Wildman–Crippen MR) is 75.7 cm³/mol. The summed E-state index contributed by atoms with van der Waals surface area (Å²) in [4.78, 5) is 25.8. The lowest BCUT2D eigenvalue weighted by molar-refractivity contribution is -0.142. The van der Waals surface area contributed by atoms with Gasteiger partial charge in [-0.3, -0.25) is 9.59 Å². The van der Waals surface area contributed by atoms with Crippen LogP contribution in [0.5, 0.6) is 0 Å². The van der Waals surface area contributed by atoms with Gasteiger partial charge in [0.2, 0.25) is 0 Å². The van der Waals surface area contributed by atoms with Crippen LogP contribution in [0.25, 0.3) is 0 Å². The van der Waals surface area contributed by atoms with E-state index in [1.165, 1.54) is 7.11 Å². The highest BCUT2D eigenvalue weighted by atomic mass is 35.5. The second-order valence-corrected chi connectivity index (χ2v) is 5.52. The van der Waals surface area contributed by atoms with Crippen molar-refractivity contribution in [1.82, 2.24) is 9.47 Å². The molecular weight excluding hydrogens is 280 g/mol. The number of likely N-dealkylation sites (tertiary alicyclic amines) is 1. The van der Waals surface area contributed by atoms with Crippen molar-refractivity contribution < 1.29 is 14.3 Å². The van der Waals surface area contributed by atoms with E-state index in [9.17, 15) is 9.59 Å². The Hall–Kier alpha value is -1.49. The normalized spacial score (nSPS) is 18.9. The minimum atomic E-state index is -0.278. The van der Waals surface area contributed by atoms with Crippen molar-refractivity contribution in [2.75, 3.05) is 13.7 Å². The van der Waals surface area contributed by atoms with E-state index in [1.807, 2.05) is 0 Å². The fraction of sp³-hybridized carbons (Fsp3) is 0.571. The van der Waals surface area contributed by atoms with Crippen LogP contribution >= 0.6 is 11.6 Å². The van der Waals surface area contributed by atoms with Crippen molar-refractivity contribution in [2.24, 2.45) is 7.05 Å². The molecule has 1 aromatic rings. The van der Waals surface area contributed by atoms with E-state index < -0.39 is 0 Å². The Morgan fingerprint density at radius 1 is 1.45 bits per heavy atom. The van der Waals surface area contributed by atoms with Crippen LogP contribution in [0.1, 0.15) is 36.2 Å². The van der Waals surface area contributed by atoms with Crippen LogP contribution in [0.15, 0.2) is 12.3 Å². The van der Waals surface area contributed by atoms with Crippen LogP contribution in [0.3, 0.4) is 0 Å². The molecule has 1 aliphatic rings. The van der Waals surface area contributed by atoms with E-state index >= 15 is 0 Å². The summed E-state index contributed by atoms with van der Waals surface area (Å²) in [5, 5.41) is 0.539. The molecule has 1 fully saturated rings. The summed E-state index contributed by atoms with van der Waals surface area (Å²) in [6.07, 6.45) is 4.77. The molecule has 1 aromatic heterocycles. The zero-order valence-electron chi connectivity index (χ0n) is 11.8. The Morgan fingerprint density at radius 2 is 2.20 bits per heavy atom. The number of carbonyl (C=O) groups excluding carboxylic acids is 2. The van der Waals surface area contributed by atoms with Gasteiger partial charge in [0.25, 0.3) is 5.91 Å². The molecule has 0 aromatic carbocycles. The largest absolute Gasteiger partial charge is 0.469 e. The summed E-state index contributed by atoms with van der Waals surface area (Å²) in [7, 11) is 3.16. The number of hydrogen-bond donors (Lipinski definition) is 0. The second kappa shape index (κ2) is 6.31. The van der Waals surface area contributed by atoms with E-state index in [1.54, 1.807) is 28.8 Å². The summed E-state index contributed by atoms with van der Waals surface area (Å²) in [5.41, 5.74) is 0.548. The lowest BCUT2D eigenvalue weighted by Crippen LogP contribution is -2.45. The fourth-order valence-corrected chi connectivity index (χ4v) is 2.89. The van der Waals surface area contributed by atoms with Gasteiger partial charge in [0.1, 0.15) is 5.69 Å². The molecule has 2 rings (SSSR count). The smallest absolute Gasteiger partial charge is 0.307 e. The molecule has 1 unspecified atom stereocenters. The highest BCUT2D eigenvalue weighted by Gasteiger charge is 2.30. The molecule has 0 N–H and O–H groups in total. The topological polar surface area (TPSA) is 51.5 Å². The van der Waals surface area contributed by atoms with Gasteiger partial charge in [-0.2, -0.15) is 0 Å². The number of amides is 1. The lowest BCUT2D eigenvalue weighted by atomic mass is 9.99. The molecule has 1 saturated heterocycles. The molecule has 6 heteroatoms. The van der Waals surface area contributed by atoms with Gasteiger partial charge in [-0.25, -0.2) is 0 Å². The van der Waals surface area contributed by atoms with Crippen molar-refractivity contribution in [3.8, 4) is 0 Å². The lowest BCUT2D eigenvalue weighted by Gasteiger charge is -2.35. The van der Waals surface area contributed by atoms with Gasteiger partial charge in [0.05, 0.1) is 18.6 Å². The highest BCUT2D eigenvalue weighted by molar-refractivity contribution is 6.31. The number of methoxy groups -OCH3 is 1. The van der Waals surface area contributed by atoms with Crippen LogP contribution in [0.2, 0.25) is 5.02 Å². The summed E-state index contributed by atoms with van der Waals surface area (Å²) in [6.45, 7) is 0.670. The molecule has 0 radical (unpaired) electrons. The molecule has 1 atom stereocenters. The van der Waals surface area contributed by atoms with Gasteiger partial charge in [0, 0.05) is 25.8 Å². The third-order valence-corrected chi connectivity index (χ3v) is 3.92. The van der Waals surface area contributed by atoms with E-state index in [-0.39, 0.29) is 24.3 Å². The predicted octanol–water partition coefficient (Wildman–Crippen LogP) is 2.24. The molecule has 5 nitrogen and oxygen atoms in total. The number of halogens is 1. The van der Waals surface area contributed by atoms with Crippen LogP contribution in [-0.2, 0) is 16.6 Å². The summed E-state index contributed by atoms with van der Waals surface area (Å²) < 4.78 is 6.43. The third kappa shape index (κ3) is 3.15. The molecular formula is C14H19ClN2O3. The van der Waals surface area contributed by atoms with Crippen LogP contribution in [-0.4, -0.2) is 41.0 Å². The number of aromatic nitrogens is 1. The SMILES string of the molecule is COC(=O)CC1CCCCN1C(=O)c1cc(Cl)cn1C. The minimum absolute atomic E-state index is 0.0759. The first-order chi connectivity index (χ1) is 9.52. The second-order valence-electron chi connectivity index (χ2n) is 5.08. The van der Waals surface area contributed by atoms with E-state index in [4.69, 9.17) is 16.3 Å². The Labute approximate surface area is 123 Å². The molecule has 0 bridgehead atoms. The van der Waals surface area contributed by atoms with Crippen LogP contribution < -0.4 is 0 Å². The van der Waals surface area contributed by atoms with Crippen LogP contribution in [0, 0.1) is 0 Å². The Bertz CT molecular complexity index is 513. The van der Waals surface area contributed by atoms with Gasteiger partial charge in [-0.05, 0) is 25.3 Å². The molecule has 0 spiro atoms. The van der Waals surface area contributed by atoms with Crippen molar-refractivity contribution >= 4 is 23.5 Å². The average molecular weight is 299 g/mol. The van der Waals surface area contributed by atoms with Gasteiger partial charge in [0.15, 0.2) is 0 Å². The first-order valence-electron chi connectivity index (χ1n) is 6.72. The third-order valence-electron chi connectivity index (χ3n) is 3.71. The standard InChI is InChI=1S/C14H19ClN2O3/c1-16-9-10(15)7-12(16)14(19)17-6-4-3-5-11(17)8-13(18)20-2/h7,9,11H,3-6,8H2,1-2H3. The van der Waals surface area contributed by atoms with Crippen LogP contribution in [0.4, 0.5) is 0 Å². The molecule has 20 heavy (non-hydrogen) atoms. The maximum Gasteiger partial charge on any atom is 0.307 e. The minimum Gasteiger partial charge on any atom is -0.469 e.